The number of nitro benzene ring substituents is 1. The average Bonchev–Trinajstić information content (AvgIpc) is 3.19. The maximum absolute atomic E-state index is 12.0. The second-order valence-electron chi connectivity index (χ2n) is 4.38. The summed E-state index contributed by atoms with van der Waals surface area (Å²) in [7, 11) is -3.72. The molecule has 1 fully saturated rings. The quantitative estimate of drug-likeness (QED) is 0.398. The molecule has 0 heterocycles. The SMILES string of the molecule is NNc1cc([N+](=O)[O-])ccc1S(=O)(=O)NCC1CC1. The molecule has 0 aliphatic heterocycles. The topological polar surface area (TPSA) is 127 Å². The fourth-order valence-electron chi connectivity index (χ4n) is 1.61. The number of hydrazine groups is 1. The predicted molar refractivity (Wildman–Crippen MR) is 68.8 cm³/mol. The summed E-state index contributed by atoms with van der Waals surface area (Å²) in [5.74, 6) is 5.61. The van der Waals surface area contributed by atoms with Crippen LogP contribution in [0.15, 0.2) is 23.1 Å². The van der Waals surface area contributed by atoms with E-state index >= 15 is 0 Å². The van der Waals surface area contributed by atoms with Crippen molar-refractivity contribution in [3.05, 3.63) is 28.3 Å². The first-order chi connectivity index (χ1) is 8.94. The predicted octanol–water partition coefficient (Wildman–Crippen LogP) is 0.569. The fourth-order valence-corrected chi connectivity index (χ4v) is 2.87. The zero-order chi connectivity index (χ0) is 14.0. The molecule has 104 valence electrons. The van der Waals surface area contributed by atoms with Crippen molar-refractivity contribution >= 4 is 21.4 Å². The number of hydrogen-bond acceptors (Lipinski definition) is 6. The van der Waals surface area contributed by atoms with Crippen molar-refractivity contribution in [2.24, 2.45) is 11.8 Å². The Morgan fingerprint density at radius 1 is 1.42 bits per heavy atom. The van der Waals surface area contributed by atoms with Crippen molar-refractivity contribution in [3.8, 4) is 0 Å². The lowest BCUT2D eigenvalue weighted by Crippen LogP contribution is -2.27. The largest absolute Gasteiger partial charge is 0.323 e. The molecule has 0 saturated heterocycles. The van der Waals surface area contributed by atoms with Crippen molar-refractivity contribution in [1.29, 1.82) is 0 Å². The number of nitrogens with two attached hydrogens (primary N) is 1. The van der Waals surface area contributed by atoms with Crippen LogP contribution in [0.1, 0.15) is 12.8 Å². The van der Waals surface area contributed by atoms with Crippen LogP contribution < -0.4 is 16.0 Å². The highest BCUT2D eigenvalue weighted by atomic mass is 32.2. The van der Waals surface area contributed by atoms with Crippen molar-refractivity contribution in [1.82, 2.24) is 4.72 Å². The van der Waals surface area contributed by atoms with Crippen LogP contribution in [0.4, 0.5) is 11.4 Å². The zero-order valence-corrected chi connectivity index (χ0v) is 10.8. The molecule has 1 aromatic rings. The molecule has 2 rings (SSSR count). The van der Waals surface area contributed by atoms with Gasteiger partial charge in [0, 0.05) is 18.7 Å². The summed E-state index contributed by atoms with van der Waals surface area (Å²) >= 11 is 0. The van der Waals surface area contributed by atoms with Gasteiger partial charge in [-0.05, 0) is 24.8 Å². The standard InChI is InChI=1S/C10H14N4O4S/c11-13-9-5-8(14(15)16)3-4-10(9)19(17,18)12-6-7-1-2-7/h3-5,7,12-13H,1-2,6,11H2. The molecule has 0 aromatic heterocycles. The molecule has 8 nitrogen and oxygen atoms in total. The Labute approximate surface area is 110 Å². The minimum absolute atomic E-state index is 0.00232. The number of sulfonamides is 1. The van der Waals surface area contributed by atoms with Gasteiger partial charge in [0.1, 0.15) is 4.90 Å². The van der Waals surface area contributed by atoms with Crippen LogP contribution in [0, 0.1) is 16.0 Å². The third-order valence-electron chi connectivity index (χ3n) is 2.88. The van der Waals surface area contributed by atoms with Crippen molar-refractivity contribution in [3.63, 3.8) is 0 Å². The van der Waals surface area contributed by atoms with Crippen molar-refractivity contribution in [2.45, 2.75) is 17.7 Å². The van der Waals surface area contributed by atoms with Gasteiger partial charge in [-0.15, -0.1) is 0 Å². The third-order valence-corrected chi connectivity index (χ3v) is 4.36. The second-order valence-corrected chi connectivity index (χ2v) is 6.11. The number of nitrogen functional groups attached to an aromatic ring is 1. The van der Waals surface area contributed by atoms with Crippen LogP contribution >= 0.6 is 0 Å². The highest BCUT2D eigenvalue weighted by Gasteiger charge is 2.26. The lowest BCUT2D eigenvalue weighted by atomic mass is 10.3. The van der Waals surface area contributed by atoms with E-state index in [-0.39, 0.29) is 16.3 Å². The van der Waals surface area contributed by atoms with E-state index in [1.165, 1.54) is 6.07 Å². The van der Waals surface area contributed by atoms with Gasteiger partial charge in [0.15, 0.2) is 0 Å². The van der Waals surface area contributed by atoms with E-state index in [2.05, 4.69) is 10.1 Å². The summed E-state index contributed by atoms with van der Waals surface area (Å²) in [5, 5.41) is 10.6. The van der Waals surface area contributed by atoms with Gasteiger partial charge >= 0.3 is 0 Å². The van der Waals surface area contributed by atoms with Crippen LogP contribution in [0.2, 0.25) is 0 Å². The summed E-state index contributed by atoms with van der Waals surface area (Å²) in [6.07, 6.45) is 2.04. The molecular formula is C10H14N4O4S. The van der Waals surface area contributed by atoms with E-state index < -0.39 is 14.9 Å². The normalized spacial score (nSPS) is 15.2. The van der Waals surface area contributed by atoms with Crippen LogP contribution in [0.3, 0.4) is 0 Å². The number of nitrogens with zero attached hydrogens (tertiary/aromatic N) is 1. The highest BCUT2D eigenvalue weighted by molar-refractivity contribution is 7.89. The van der Waals surface area contributed by atoms with Crippen LogP contribution in [0.25, 0.3) is 0 Å². The van der Waals surface area contributed by atoms with Gasteiger partial charge < -0.3 is 5.43 Å². The first-order valence-corrected chi connectivity index (χ1v) is 7.17. The Kier molecular flexibility index (Phi) is 3.69. The molecule has 0 unspecified atom stereocenters. The molecule has 1 aliphatic rings. The molecule has 0 bridgehead atoms. The number of rotatable bonds is 6. The lowest BCUT2D eigenvalue weighted by Gasteiger charge is -2.10. The van der Waals surface area contributed by atoms with Gasteiger partial charge in [-0.3, -0.25) is 16.0 Å². The van der Waals surface area contributed by atoms with Crippen molar-refractivity contribution < 1.29 is 13.3 Å². The van der Waals surface area contributed by atoms with E-state index in [9.17, 15) is 18.5 Å². The highest BCUT2D eigenvalue weighted by Crippen LogP contribution is 2.29. The van der Waals surface area contributed by atoms with Gasteiger partial charge in [0.05, 0.1) is 10.6 Å². The summed E-state index contributed by atoms with van der Waals surface area (Å²) < 4.78 is 26.6. The number of benzene rings is 1. The molecule has 0 spiro atoms. The van der Waals surface area contributed by atoms with Gasteiger partial charge in [0.25, 0.3) is 5.69 Å². The monoisotopic (exact) mass is 286 g/mol. The van der Waals surface area contributed by atoms with Crippen LogP contribution in [-0.2, 0) is 10.0 Å². The molecule has 4 N–H and O–H groups in total. The summed E-state index contributed by atoms with van der Waals surface area (Å²) in [6.45, 7) is 0.378. The minimum atomic E-state index is -3.72. The Morgan fingerprint density at radius 3 is 2.63 bits per heavy atom. The molecule has 1 aliphatic carbocycles. The van der Waals surface area contributed by atoms with Crippen LogP contribution in [0.5, 0.6) is 0 Å². The molecule has 0 radical (unpaired) electrons. The number of anilines is 1. The average molecular weight is 286 g/mol. The first kappa shape index (κ1) is 13.7. The molecule has 1 saturated carbocycles. The maximum atomic E-state index is 12.0. The third kappa shape index (κ3) is 3.19. The van der Waals surface area contributed by atoms with Gasteiger partial charge in [0.2, 0.25) is 10.0 Å². The smallest absolute Gasteiger partial charge is 0.271 e. The van der Waals surface area contributed by atoms with Gasteiger partial charge in [-0.2, -0.15) is 0 Å². The van der Waals surface area contributed by atoms with E-state index in [1.807, 2.05) is 0 Å². The molecule has 9 heteroatoms. The van der Waals surface area contributed by atoms with E-state index in [0.29, 0.717) is 12.5 Å². The first-order valence-electron chi connectivity index (χ1n) is 5.69. The zero-order valence-electron chi connectivity index (χ0n) is 10.00. The summed E-state index contributed by atoms with van der Waals surface area (Å²) in [6, 6.07) is 3.39. The maximum Gasteiger partial charge on any atom is 0.271 e. The number of hydrogen-bond donors (Lipinski definition) is 3. The Balaban J connectivity index is 2.29. The fraction of sp³-hybridized carbons (Fsp3) is 0.400. The summed E-state index contributed by atoms with van der Waals surface area (Å²) in [5.41, 5.74) is 1.95. The number of nitro groups is 1. The Bertz CT molecular complexity index is 598. The number of non-ortho nitro benzene ring substituents is 1. The molecule has 19 heavy (non-hydrogen) atoms. The molecule has 0 amide bonds. The van der Waals surface area contributed by atoms with E-state index in [4.69, 9.17) is 5.84 Å². The van der Waals surface area contributed by atoms with Crippen LogP contribution in [-0.4, -0.2) is 19.9 Å². The van der Waals surface area contributed by atoms with E-state index in [0.717, 1.165) is 25.0 Å². The Hall–Kier alpha value is -1.71. The minimum Gasteiger partial charge on any atom is -0.323 e. The molecule has 0 atom stereocenters. The number of nitrogens with one attached hydrogen (secondary N) is 2. The molecular weight excluding hydrogens is 272 g/mol. The van der Waals surface area contributed by atoms with Gasteiger partial charge in [-0.25, -0.2) is 13.1 Å². The van der Waals surface area contributed by atoms with Crippen molar-refractivity contribution in [2.75, 3.05) is 12.0 Å². The second kappa shape index (κ2) is 5.11. The molecule has 1 aromatic carbocycles. The Morgan fingerprint density at radius 2 is 2.11 bits per heavy atom. The lowest BCUT2D eigenvalue weighted by molar-refractivity contribution is -0.384. The van der Waals surface area contributed by atoms with E-state index in [1.54, 1.807) is 0 Å². The summed E-state index contributed by atoms with van der Waals surface area (Å²) in [4.78, 5) is 9.91. The van der Waals surface area contributed by atoms with Gasteiger partial charge in [-0.1, -0.05) is 0 Å².